The van der Waals surface area contributed by atoms with Gasteiger partial charge in [-0.25, -0.2) is 0 Å². The van der Waals surface area contributed by atoms with E-state index in [4.69, 9.17) is 9.83 Å². The van der Waals surface area contributed by atoms with E-state index in [1.807, 2.05) is 19.1 Å². The van der Waals surface area contributed by atoms with Crippen LogP contribution < -0.4 is 0 Å². The third-order valence-electron chi connectivity index (χ3n) is 2.62. The summed E-state index contributed by atoms with van der Waals surface area (Å²) in [6.45, 7) is 3.70. The molecule has 1 aliphatic rings. The highest BCUT2D eigenvalue weighted by Gasteiger charge is 2.15. The van der Waals surface area contributed by atoms with Gasteiger partial charge >= 0.3 is 0 Å². The van der Waals surface area contributed by atoms with Crippen LogP contribution in [0.5, 0.6) is 0 Å². The average molecular weight is 192 g/mol. The maximum Gasteiger partial charge on any atom is 0.123 e. The molecule has 1 aromatic heterocycles. The van der Waals surface area contributed by atoms with Crippen molar-refractivity contribution in [2.24, 2.45) is 0 Å². The fourth-order valence-electron chi connectivity index (χ4n) is 1.82. The minimum Gasteiger partial charge on any atom is -0.464 e. The molecule has 1 aromatic rings. The molecule has 76 valence electrons. The Morgan fingerprint density at radius 3 is 2.93 bits per heavy atom. The van der Waals surface area contributed by atoms with E-state index >= 15 is 0 Å². The summed E-state index contributed by atoms with van der Waals surface area (Å²) in [6, 6.07) is 3.97. The Morgan fingerprint density at radius 2 is 2.29 bits per heavy atom. The molecule has 2 rings (SSSR count). The van der Waals surface area contributed by atoms with Crippen LogP contribution >= 0.6 is 0 Å². The van der Waals surface area contributed by atoms with E-state index in [-0.39, 0.29) is 0 Å². The molecular weight excluding hydrogens is 176 g/mol. The minimum atomic E-state index is 0.755. The maximum absolute atomic E-state index is 7.79. The smallest absolute Gasteiger partial charge is 0.123 e. The van der Waals surface area contributed by atoms with E-state index in [1.54, 1.807) is 0 Å². The first-order chi connectivity index (χ1) is 6.75. The van der Waals surface area contributed by atoms with Crippen LogP contribution in [-0.2, 0) is 6.54 Å². The first-order valence-electron chi connectivity index (χ1n) is 5.13. The summed E-state index contributed by atoms with van der Waals surface area (Å²) in [4.78, 5) is 2.10. The molecule has 0 radical (unpaired) electrons. The van der Waals surface area contributed by atoms with Gasteiger partial charge in [-0.05, 0) is 31.9 Å². The van der Waals surface area contributed by atoms with Gasteiger partial charge in [-0.2, -0.15) is 0 Å². The summed E-state index contributed by atoms with van der Waals surface area (Å²) in [5, 5.41) is 7.79. The Balaban J connectivity index is 1.99. The molecule has 1 N–H and O–H groups in total. The lowest BCUT2D eigenvalue weighted by Gasteiger charge is -2.28. The van der Waals surface area contributed by atoms with Crippen molar-refractivity contribution in [3.05, 3.63) is 23.7 Å². The number of amidine groups is 1. The van der Waals surface area contributed by atoms with Crippen molar-refractivity contribution < 1.29 is 4.42 Å². The van der Waals surface area contributed by atoms with Crippen LogP contribution in [0.15, 0.2) is 16.5 Å². The zero-order valence-corrected chi connectivity index (χ0v) is 8.55. The number of likely N-dealkylation sites (tertiary alicyclic amines) is 1. The number of nitrogens with zero attached hydrogens (tertiary/aromatic N) is 1. The molecule has 0 unspecified atom stereocenters. The van der Waals surface area contributed by atoms with Gasteiger partial charge in [0.05, 0.1) is 12.4 Å². The Bertz CT molecular complexity index is 330. The quantitative estimate of drug-likeness (QED) is 0.782. The fraction of sp³-hybridized carbons (Fsp3) is 0.545. The zero-order chi connectivity index (χ0) is 9.97. The van der Waals surface area contributed by atoms with Crippen LogP contribution in [0.25, 0.3) is 0 Å². The van der Waals surface area contributed by atoms with E-state index in [9.17, 15) is 0 Å². The van der Waals surface area contributed by atoms with E-state index in [1.165, 1.54) is 6.42 Å². The van der Waals surface area contributed by atoms with Crippen LogP contribution in [0.3, 0.4) is 0 Å². The van der Waals surface area contributed by atoms with Gasteiger partial charge in [0, 0.05) is 13.0 Å². The van der Waals surface area contributed by atoms with E-state index < -0.39 is 0 Å². The Morgan fingerprint density at radius 1 is 1.43 bits per heavy atom. The summed E-state index contributed by atoms with van der Waals surface area (Å²) in [6.07, 6.45) is 3.27. The molecule has 0 saturated carbocycles. The van der Waals surface area contributed by atoms with Crippen LogP contribution in [0.1, 0.15) is 30.8 Å². The summed E-state index contributed by atoms with van der Waals surface area (Å²) in [5.41, 5.74) is 0. The number of hydrogen-bond donors (Lipinski definition) is 1. The molecular formula is C11H16N2O. The predicted molar refractivity (Wildman–Crippen MR) is 55.4 cm³/mol. The molecule has 1 aliphatic heterocycles. The van der Waals surface area contributed by atoms with Crippen molar-refractivity contribution >= 4 is 5.84 Å². The van der Waals surface area contributed by atoms with Crippen molar-refractivity contribution in [3.8, 4) is 0 Å². The van der Waals surface area contributed by atoms with Crippen molar-refractivity contribution in [1.29, 1.82) is 5.41 Å². The van der Waals surface area contributed by atoms with Gasteiger partial charge in [-0.15, -0.1) is 0 Å². The number of rotatable bonds is 2. The van der Waals surface area contributed by atoms with E-state index in [0.29, 0.717) is 0 Å². The van der Waals surface area contributed by atoms with Crippen LogP contribution in [0.2, 0.25) is 0 Å². The molecule has 0 aliphatic carbocycles. The second kappa shape index (κ2) is 3.86. The van der Waals surface area contributed by atoms with Crippen molar-refractivity contribution in [2.75, 3.05) is 6.54 Å². The van der Waals surface area contributed by atoms with Crippen molar-refractivity contribution in [3.63, 3.8) is 0 Å². The Labute approximate surface area is 84.2 Å². The lowest BCUT2D eigenvalue weighted by atomic mass is 10.1. The predicted octanol–water partition coefficient (Wildman–Crippen LogP) is 2.55. The molecule has 14 heavy (non-hydrogen) atoms. The summed E-state index contributed by atoms with van der Waals surface area (Å²) in [5.74, 6) is 2.67. The topological polar surface area (TPSA) is 40.2 Å². The normalized spacial score (nSPS) is 17.5. The fourth-order valence-corrected chi connectivity index (χ4v) is 1.82. The number of nitrogens with one attached hydrogen (secondary N) is 1. The van der Waals surface area contributed by atoms with Gasteiger partial charge in [0.2, 0.25) is 0 Å². The molecule has 0 spiro atoms. The SMILES string of the molecule is Cc1ccc(CN2CCCCC2=N)o1. The van der Waals surface area contributed by atoms with Gasteiger partial charge < -0.3 is 9.32 Å². The standard InChI is InChI=1S/C11H16N2O/c1-9-5-6-10(14-9)8-13-7-3-2-4-11(13)12/h5-6,12H,2-4,7-8H2,1H3. The molecule has 3 heteroatoms. The Kier molecular flexibility index (Phi) is 2.57. The minimum absolute atomic E-state index is 0.755. The van der Waals surface area contributed by atoms with Crippen molar-refractivity contribution in [1.82, 2.24) is 4.90 Å². The second-order valence-electron chi connectivity index (χ2n) is 3.84. The monoisotopic (exact) mass is 192 g/mol. The van der Waals surface area contributed by atoms with Gasteiger partial charge in [0.15, 0.2) is 0 Å². The molecule has 0 bridgehead atoms. The molecule has 1 saturated heterocycles. The lowest BCUT2D eigenvalue weighted by Crippen LogP contribution is -2.33. The Hall–Kier alpha value is -1.25. The first kappa shape index (κ1) is 9.31. The molecule has 0 aromatic carbocycles. The van der Waals surface area contributed by atoms with Gasteiger partial charge in [0.1, 0.15) is 11.5 Å². The highest BCUT2D eigenvalue weighted by molar-refractivity contribution is 5.79. The van der Waals surface area contributed by atoms with E-state index in [0.717, 1.165) is 43.3 Å². The van der Waals surface area contributed by atoms with Crippen LogP contribution in [-0.4, -0.2) is 17.3 Å². The van der Waals surface area contributed by atoms with Gasteiger partial charge in [0.25, 0.3) is 0 Å². The third-order valence-corrected chi connectivity index (χ3v) is 2.62. The largest absolute Gasteiger partial charge is 0.464 e. The highest BCUT2D eigenvalue weighted by atomic mass is 16.3. The van der Waals surface area contributed by atoms with Crippen LogP contribution in [0, 0.1) is 12.3 Å². The van der Waals surface area contributed by atoms with Crippen LogP contribution in [0.4, 0.5) is 0 Å². The first-order valence-corrected chi connectivity index (χ1v) is 5.13. The summed E-state index contributed by atoms with van der Waals surface area (Å²) < 4.78 is 5.50. The summed E-state index contributed by atoms with van der Waals surface area (Å²) >= 11 is 0. The molecule has 2 heterocycles. The average Bonchev–Trinajstić information content (AvgIpc) is 2.56. The number of hydrogen-bond acceptors (Lipinski definition) is 2. The molecule has 0 atom stereocenters. The van der Waals surface area contributed by atoms with Gasteiger partial charge in [-0.3, -0.25) is 5.41 Å². The number of furan rings is 1. The molecule has 1 fully saturated rings. The second-order valence-corrected chi connectivity index (χ2v) is 3.84. The lowest BCUT2D eigenvalue weighted by molar-refractivity contribution is 0.323. The maximum atomic E-state index is 7.79. The van der Waals surface area contributed by atoms with E-state index in [2.05, 4.69) is 4.90 Å². The van der Waals surface area contributed by atoms with Crippen molar-refractivity contribution in [2.45, 2.75) is 32.7 Å². The molecule has 0 amide bonds. The highest BCUT2D eigenvalue weighted by Crippen LogP contribution is 2.15. The number of aryl methyl sites for hydroxylation is 1. The summed E-state index contributed by atoms with van der Waals surface area (Å²) in [7, 11) is 0. The zero-order valence-electron chi connectivity index (χ0n) is 8.55. The molecule has 3 nitrogen and oxygen atoms in total. The third kappa shape index (κ3) is 1.97. The van der Waals surface area contributed by atoms with Gasteiger partial charge in [-0.1, -0.05) is 0 Å². The number of piperidine rings is 1.